The summed E-state index contributed by atoms with van der Waals surface area (Å²) in [4.78, 5) is 6.89. The van der Waals surface area contributed by atoms with E-state index in [1.807, 2.05) is 13.1 Å². The van der Waals surface area contributed by atoms with Gasteiger partial charge in [-0.3, -0.25) is 4.99 Å². The highest BCUT2D eigenvalue weighted by molar-refractivity contribution is 14.0. The van der Waals surface area contributed by atoms with E-state index in [2.05, 4.69) is 51.7 Å². The number of hydrogen-bond donors (Lipinski definition) is 2. The number of nitrogens with one attached hydrogen (secondary N) is 2. The number of guanidine groups is 1. The predicted octanol–water partition coefficient (Wildman–Crippen LogP) is 2.84. The van der Waals surface area contributed by atoms with E-state index >= 15 is 0 Å². The van der Waals surface area contributed by atoms with Crippen LogP contribution >= 0.6 is 24.0 Å². The Labute approximate surface area is 151 Å². The SMILES string of the molecule is CCCN1CCC(NC(=NC)NCc2ccccc2)CC1.I. The fourth-order valence-corrected chi connectivity index (χ4v) is 2.79. The Morgan fingerprint density at radius 3 is 2.50 bits per heavy atom. The molecule has 0 bridgehead atoms. The van der Waals surface area contributed by atoms with Crippen LogP contribution in [-0.4, -0.2) is 43.6 Å². The second kappa shape index (κ2) is 10.8. The molecule has 1 aliphatic heterocycles. The lowest BCUT2D eigenvalue weighted by Gasteiger charge is -2.32. The lowest BCUT2D eigenvalue weighted by molar-refractivity contribution is 0.206. The maximum atomic E-state index is 4.33. The monoisotopic (exact) mass is 416 g/mol. The van der Waals surface area contributed by atoms with Crippen LogP contribution < -0.4 is 10.6 Å². The second-order valence-corrected chi connectivity index (χ2v) is 5.67. The van der Waals surface area contributed by atoms with Crippen molar-refractivity contribution in [3.63, 3.8) is 0 Å². The molecule has 0 spiro atoms. The average molecular weight is 416 g/mol. The molecule has 1 heterocycles. The van der Waals surface area contributed by atoms with Gasteiger partial charge in [-0.15, -0.1) is 24.0 Å². The zero-order chi connectivity index (χ0) is 14.9. The van der Waals surface area contributed by atoms with E-state index in [-0.39, 0.29) is 24.0 Å². The van der Waals surface area contributed by atoms with Crippen LogP contribution in [0.2, 0.25) is 0 Å². The summed E-state index contributed by atoms with van der Waals surface area (Å²) in [6.07, 6.45) is 3.65. The number of rotatable bonds is 5. The smallest absolute Gasteiger partial charge is 0.191 e. The van der Waals surface area contributed by atoms with Gasteiger partial charge in [-0.2, -0.15) is 0 Å². The molecule has 0 aromatic heterocycles. The third kappa shape index (κ3) is 6.52. The Kier molecular flexibility index (Phi) is 9.47. The van der Waals surface area contributed by atoms with Crippen molar-refractivity contribution in [2.24, 2.45) is 4.99 Å². The van der Waals surface area contributed by atoms with Gasteiger partial charge in [0.15, 0.2) is 5.96 Å². The minimum Gasteiger partial charge on any atom is -0.354 e. The molecule has 2 rings (SSSR count). The topological polar surface area (TPSA) is 39.7 Å². The normalized spacial score (nSPS) is 16.9. The number of halogens is 1. The fraction of sp³-hybridized carbons (Fsp3) is 0.588. The fourth-order valence-electron chi connectivity index (χ4n) is 2.79. The minimum atomic E-state index is 0. The second-order valence-electron chi connectivity index (χ2n) is 5.67. The van der Waals surface area contributed by atoms with Crippen molar-refractivity contribution in [2.75, 3.05) is 26.7 Å². The zero-order valence-electron chi connectivity index (χ0n) is 13.7. The van der Waals surface area contributed by atoms with E-state index in [4.69, 9.17) is 0 Å². The van der Waals surface area contributed by atoms with Crippen molar-refractivity contribution in [1.29, 1.82) is 0 Å². The highest BCUT2D eigenvalue weighted by atomic mass is 127. The van der Waals surface area contributed by atoms with Crippen LogP contribution in [0, 0.1) is 0 Å². The Bertz CT molecular complexity index is 428. The molecule has 22 heavy (non-hydrogen) atoms. The van der Waals surface area contributed by atoms with E-state index in [9.17, 15) is 0 Å². The van der Waals surface area contributed by atoms with Gasteiger partial charge in [0.05, 0.1) is 0 Å². The zero-order valence-corrected chi connectivity index (χ0v) is 16.0. The van der Waals surface area contributed by atoms with Crippen molar-refractivity contribution in [3.8, 4) is 0 Å². The molecule has 0 radical (unpaired) electrons. The molecule has 5 heteroatoms. The van der Waals surface area contributed by atoms with Gasteiger partial charge >= 0.3 is 0 Å². The van der Waals surface area contributed by atoms with Crippen LogP contribution in [-0.2, 0) is 6.54 Å². The number of benzene rings is 1. The predicted molar refractivity (Wildman–Crippen MR) is 105 cm³/mol. The first-order valence-electron chi connectivity index (χ1n) is 8.05. The summed E-state index contributed by atoms with van der Waals surface area (Å²) in [6.45, 7) is 6.69. The molecule has 1 saturated heterocycles. The molecule has 0 amide bonds. The van der Waals surface area contributed by atoms with Crippen molar-refractivity contribution in [1.82, 2.24) is 15.5 Å². The lowest BCUT2D eigenvalue weighted by atomic mass is 10.1. The molecule has 124 valence electrons. The first kappa shape index (κ1) is 19.2. The maximum Gasteiger partial charge on any atom is 0.191 e. The lowest BCUT2D eigenvalue weighted by Crippen LogP contribution is -2.48. The molecule has 0 atom stereocenters. The summed E-state index contributed by atoms with van der Waals surface area (Å²) in [5, 5.41) is 6.95. The van der Waals surface area contributed by atoms with Crippen molar-refractivity contribution >= 4 is 29.9 Å². The van der Waals surface area contributed by atoms with Crippen LogP contribution in [0.15, 0.2) is 35.3 Å². The molecule has 1 aromatic rings. The van der Waals surface area contributed by atoms with Crippen LogP contribution in [0.25, 0.3) is 0 Å². The first-order valence-corrected chi connectivity index (χ1v) is 8.05. The van der Waals surface area contributed by atoms with E-state index in [0.29, 0.717) is 6.04 Å². The summed E-state index contributed by atoms with van der Waals surface area (Å²) in [6, 6.07) is 11.0. The Morgan fingerprint density at radius 1 is 1.23 bits per heavy atom. The van der Waals surface area contributed by atoms with Gasteiger partial charge in [-0.05, 0) is 31.4 Å². The van der Waals surface area contributed by atoms with Crippen molar-refractivity contribution < 1.29 is 0 Å². The van der Waals surface area contributed by atoms with Gasteiger partial charge in [0.25, 0.3) is 0 Å². The molecular formula is C17H29IN4. The molecule has 1 aromatic carbocycles. The summed E-state index contributed by atoms with van der Waals surface area (Å²) in [5.41, 5.74) is 1.28. The van der Waals surface area contributed by atoms with E-state index < -0.39 is 0 Å². The van der Waals surface area contributed by atoms with Gasteiger partial charge in [0.1, 0.15) is 0 Å². The van der Waals surface area contributed by atoms with Crippen molar-refractivity contribution in [2.45, 2.75) is 38.8 Å². The molecule has 0 aliphatic carbocycles. The Morgan fingerprint density at radius 2 is 1.91 bits per heavy atom. The van der Waals surface area contributed by atoms with Gasteiger partial charge < -0.3 is 15.5 Å². The van der Waals surface area contributed by atoms with Gasteiger partial charge in [-0.1, -0.05) is 37.3 Å². The molecule has 0 unspecified atom stereocenters. The number of piperidine rings is 1. The molecule has 0 saturated carbocycles. The largest absolute Gasteiger partial charge is 0.354 e. The highest BCUT2D eigenvalue weighted by Gasteiger charge is 2.19. The molecule has 1 fully saturated rings. The number of hydrogen-bond acceptors (Lipinski definition) is 2. The number of aliphatic imine (C=N–C) groups is 1. The third-order valence-electron chi connectivity index (χ3n) is 3.99. The molecular weight excluding hydrogens is 387 g/mol. The molecule has 2 N–H and O–H groups in total. The third-order valence-corrected chi connectivity index (χ3v) is 3.99. The van der Waals surface area contributed by atoms with E-state index in [0.717, 1.165) is 12.5 Å². The standard InChI is InChI=1S/C17H28N4.HI/c1-3-11-21-12-9-16(10-13-21)20-17(18-2)19-14-15-7-5-4-6-8-15;/h4-8,16H,3,9-14H2,1-2H3,(H2,18,19,20);1H. The van der Waals surface area contributed by atoms with Crippen LogP contribution in [0.3, 0.4) is 0 Å². The van der Waals surface area contributed by atoms with Gasteiger partial charge in [-0.25, -0.2) is 0 Å². The van der Waals surface area contributed by atoms with Crippen LogP contribution in [0.1, 0.15) is 31.7 Å². The van der Waals surface area contributed by atoms with Gasteiger partial charge in [0, 0.05) is 32.7 Å². The number of likely N-dealkylation sites (tertiary alicyclic amines) is 1. The van der Waals surface area contributed by atoms with E-state index in [1.54, 1.807) is 0 Å². The first-order chi connectivity index (χ1) is 10.3. The average Bonchev–Trinajstić information content (AvgIpc) is 2.54. The van der Waals surface area contributed by atoms with Crippen molar-refractivity contribution in [3.05, 3.63) is 35.9 Å². The maximum absolute atomic E-state index is 4.33. The van der Waals surface area contributed by atoms with E-state index in [1.165, 1.54) is 44.5 Å². The molecule has 4 nitrogen and oxygen atoms in total. The Balaban J connectivity index is 0.00000242. The van der Waals surface area contributed by atoms with Gasteiger partial charge in [0.2, 0.25) is 0 Å². The summed E-state index contributed by atoms with van der Waals surface area (Å²) in [7, 11) is 1.84. The highest BCUT2D eigenvalue weighted by Crippen LogP contribution is 2.10. The summed E-state index contributed by atoms with van der Waals surface area (Å²) < 4.78 is 0. The van der Waals surface area contributed by atoms with Crippen LogP contribution in [0.5, 0.6) is 0 Å². The quantitative estimate of drug-likeness (QED) is 0.441. The van der Waals surface area contributed by atoms with Crippen LogP contribution in [0.4, 0.5) is 0 Å². The molecule has 1 aliphatic rings. The summed E-state index contributed by atoms with van der Waals surface area (Å²) in [5.74, 6) is 0.910. The summed E-state index contributed by atoms with van der Waals surface area (Å²) >= 11 is 0. The minimum absolute atomic E-state index is 0. The number of nitrogens with zero attached hydrogens (tertiary/aromatic N) is 2. The Hall–Kier alpha value is -0.820.